The Morgan fingerprint density at radius 3 is 2.86 bits per heavy atom. The number of para-hydroxylation sites is 1. The minimum absolute atomic E-state index is 0.0848. The SMILES string of the molecule is C[C@@H](CC(=O)NCc1ccc2c(c1)OCO2)CC1=NS(=O)(=O)c2ccccc2N1. The predicted molar refractivity (Wildman–Crippen MR) is 107 cm³/mol. The van der Waals surface area contributed by atoms with Gasteiger partial charge in [0.2, 0.25) is 12.7 Å². The number of amides is 1. The van der Waals surface area contributed by atoms with Gasteiger partial charge in [-0.15, -0.1) is 4.40 Å². The van der Waals surface area contributed by atoms with Crippen molar-refractivity contribution in [2.45, 2.75) is 31.2 Å². The van der Waals surface area contributed by atoms with Crippen LogP contribution in [0.2, 0.25) is 0 Å². The zero-order valence-corrected chi connectivity index (χ0v) is 16.7. The van der Waals surface area contributed by atoms with Crippen LogP contribution in [0.15, 0.2) is 51.8 Å². The number of nitrogens with zero attached hydrogens (tertiary/aromatic N) is 1. The van der Waals surface area contributed by atoms with Gasteiger partial charge in [0.25, 0.3) is 10.0 Å². The van der Waals surface area contributed by atoms with Crippen LogP contribution in [-0.2, 0) is 21.4 Å². The van der Waals surface area contributed by atoms with Crippen molar-refractivity contribution in [1.82, 2.24) is 5.32 Å². The molecule has 2 aromatic rings. The number of fused-ring (bicyclic) bond motifs is 2. The highest BCUT2D eigenvalue weighted by Gasteiger charge is 2.25. The number of anilines is 1. The summed E-state index contributed by atoms with van der Waals surface area (Å²) in [6, 6.07) is 12.2. The molecule has 2 N–H and O–H groups in total. The first-order valence-electron chi connectivity index (χ1n) is 9.26. The van der Waals surface area contributed by atoms with Gasteiger partial charge in [0.1, 0.15) is 10.7 Å². The Morgan fingerprint density at radius 2 is 2.00 bits per heavy atom. The first-order chi connectivity index (χ1) is 13.9. The van der Waals surface area contributed by atoms with Crippen LogP contribution < -0.4 is 20.1 Å². The minimum Gasteiger partial charge on any atom is -0.454 e. The van der Waals surface area contributed by atoms with Gasteiger partial charge in [0.05, 0.1) is 5.69 Å². The summed E-state index contributed by atoms with van der Waals surface area (Å²) in [4.78, 5) is 12.4. The molecule has 29 heavy (non-hydrogen) atoms. The molecule has 0 bridgehead atoms. The summed E-state index contributed by atoms with van der Waals surface area (Å²) in [7, 11) is -3.71. The van der Waals surface area contributed by atoms with Gasteiger partial charge in [-0.1, -0.05) is 25.1 Å². The monoisotopic (exact) mass is 415 g/mol. The average Bonchev–Trinajstić information content (AvgIpc) is 3.13. The number of benzene rings is 2. The van der Waals surface area contributed by atoms with Gasteiger partial charge in [-0.2, -0.15) is 8.42 Å². The lowest BCUT2D eigenvalue weighted by Crippen LogP contribution is -2.27. The highest BCUT2D eigenvalue weighted by atomic mass is 32.2. The summed E-state index contributed by atoms with van der Waals surface area (Å²) in [5.74, 6) is 1.52. The van der Waals surface area contributed by atoms with Crippen LogP contribution in [0, 0.1) is 5.92 Å². The van der Waals surface area contributed by atoms with Crippen molar-refractivity contribution >= 4 is 27.5 Å². The van der Waals surface area contributed by atoms with E-state index in [1.165, 1.54) is 6.07 Å². The van der Waals surface area contributed by atoms with Crippen molar-refractivity contribution in [3.05, 3.63) is 48.0 Å². The number of rotatable bonds is 6. The number of amidine groups is 1. The number of carbonyl (C=O) groups is 1. The summed E-state index contributed by atoms with van der Waals surface area (Å²) in [6.07, 6.45) is 0.609. The van der Waals surface area contributed by atoms with Crippen molar-refractivity contribution in [2.75, 3.05) is 12.1 Å². The molecule has 2 aliphatic heterocycles. The largest absolute Gasteiger partial charge is 0.454 e. The molecule has 0 aromatic heterocycles. The van der Waals surface area contributed by atoms with Gasteiger partial charge in [-0.25, -0.2) is 0 Å². The van der Waals surface area contributed by atoms with Crippen LogP contribution in [0.3, 0.4) is 0 Å². The Bertz CT molecular complexity index is 1080. The Balaban J connectivity index is 1.31. The lowest BCUT2D eigenvalue weighted by atomic mass is 10.0. The van der Waals surface area contributed by atoms with Crippen LogP contribution in [0.4, 0.5) is 5.69 Å². The van der Waals surface area contributed by atoms with Crippen LogP contribution in [0.25, 0.3) is 0 Å². The molecule has 0 unspecified atom stereocenters. The number of hydrogen-bond donors (Lipinski definition) is 2. The molecule has 0 fully saturated rings. The van der Waals surface area contributed by atoms with Gasteiger partial charge in [0.15, 0.2) is 11.5 Å². The molecule has 0 aliphatic carbocycles. The maximum absolute atomic E-state index is 12.3. The Hall–Kier alpha value is -3.07. The second-order valence-corrected chi connectivity index (χ2v) is 8.68. The molecule has 2 aliphatic rings. The molecule has 0 spiro atoms. The van der Waals surface area contributed by atoms with Crippen molar-refractivity contribution in [3.63, 3.8) is 0 Å². The van der Waals surface area contributed by atoms with Crippen molar-refractivity contribution in [1.29, 1.82) is 0 Å². The third-order valence-electron chi connectivity index (χ3n) is 4.68. The smallest absolute Gasteiger partial charge is 0.286 e. The number of sulfonamides is 1. The minimum atomic E-state index is -3.71. The molecule has 0 saturated heterocycles. The molecule has 0 radical (unpaired) electrons. The molecular formula is C20H21N3O5S. The third-order valence-corrected chi connectivity index (χ3v) is 6.05. The summed E-state index contributed by atoms with van der Waals surface area (Å²) < 4.78 is 39.1. The first kappa shape index (κ1) is 19.3. The molecule has 2 heterocycles. The molecule has 1 atom stereocenters. The number of hydrogen-bond acceptors (Lipinski definition) is 6. The normalized spacial score (nSPS) is 16.9. The fourth-order valence-corrected chi connectivity index (χ4v) is 4.45. The van der Waals surface area contributed by atoms with Crippen LogP contribution in [-0.4, -0.2) is 27.0 Å². The van der Waals surface area contributed by atoms with Crippen LogP contribution in [0.5, 0.6) is 11.5 Å². The zero-order valence-electron chi connectivity index (χ0n) is 15.8. The Morgan fingerprint density at radius 1 is 1.21 bits per heavy atom. The molecule has 152 valence electrons. The fourth-order valence-electron chi connectivity index (χ4n) is 3.30. The van der Waals surface area contributed by atoms with Gasteiger partial charge in [0, 0.05) is 19.4 Å². The van der Waals surface area contributed by atoms with Crippen LogP contribution >= 0.6 is 0 Å². The van der Waals surface area contributed by atoms with Gasteiger partial charge in [-0.3, -0.25) is 4.79 Å². The van der Waals surface area contributed by atoms with Gasteiger partial charge >= 0.3 is 0 Å². The average molecular weight is 415 g/mol. The van der Waals surface area contributed by atoms with E-state index in [0.29, 0.717) is 36.0 Å². The first-order valence-corrected chi connectivity index (χ1v) is 10.7. The van der Waals surface area contributed by atoms with E-state index in [9.17, 15) is 13.2 Å². The highest BCUT2D eigenvalue weighted by Crippen LogP contribution is 2.32. The number of carbonyl (C=O) groups excluding carboxylic acids is 1. The number of nitrogens with one attached hydrogen (secondary N) is 2. The van der Waals surface area contributed by atoms with Crippen molar-refractivity contribution < 1.29 is 22.7 Å². The van der Waals surface area contributed by atoms with E-state index >= 15 is 0 Å². The molecule has 2 aromatic carbocycles. The third kappa shape index (κ3) is 4.34. The topological polar surface area (TPSA) is 106 Å². The summed E-state index contributed by atoms with van der Waals surface area (Å²) >= 11 is 0. The van der Waals surface area contributed by atoms with E-state index in [-0.39, 0.29) is 29.9 Å². The van der Waals surface area contributed by atoms with Crippen molar-refractivity contribution in [3.8, 4) is 11.5 Å². The second-order valence-electron chi connectivity index (χ2n) is 7.11. The van der Waals surface area contributed by atoms with E-state index in [4.69, 9.17) is 9.47 Å². The molecule has 8 nitrogen and oxygen atoms in total. The molecule has 9 heteroatoms. The van der Waals surface area contributed by atoms with E-state index < -0.39 is 10.0 Å². The van der Waals surface area contributed by atoms with Gasteiger partial charge < -0.3 is 20.1 Å². The highest BCUT2D eigenvalue weighted by molar-refractivity contribution is 7.90. The lowest BCUT2D eigenvalue weighted by Gasteiger charge is -2.20. The summed E-state index contributed by atoms with van der Waals surface area (Å²) in [5, 5.41) is 5.93. The zero-order chi connectivity index (χ0) is 20.4. The maximum atomic E-state index is 12.3. The van der Waals surface area contributed by atoms with Crippen LogP contribution in [0.1, 0.15) is 25.3 Å². The lowest BCUT2D eigenvalue weighted by molar-refractivity contribution is -0.122. The second kappa shape index (κ2) is 7.75. The van der Waals surface area contributed by atoms with E-state index in [1.54, 1.807) is 18.2 Å². The van der Waals surface area contributed by atoms with Crippen molar-refractivity contribution in [2.24, 2.45) is 10.3 Å². The Labute approximate surface area is 169 Å². The number of ether oxygens (including phenoxy) is 2. The summed E-state index contributed by atoms with van der Waals surface area (Å²) in [5.41, 5.74) is 1.42. The molecule has 1 amide bonds. The predicted octanol–water partition coefficient (Wildman–Crippen LogP) is 2.66. The maximum Gasteiger partial charge on any atom is 0.286 e. The quantitative estimate of drug-likeness (QED) is 0.751. The standard InChI is InChI=1S/C20H21N3O5S/c1-13(8-19-22-15-4-2-3-5-18(15)29(25,26)23-19)9-20(24)21-11-14-6-7-16-17(10-14)28-12-27-16/h2-7,10,13H,8-9,11-12H2,1H3,(H,21,24)(H,22,23)/t13-/m1/s1. The van der Waals surface area contributed by atoms with E-state index in [2.05, 4.69) is 15.0 Å². The Kier molecular flexibility index (Phi) is 5.14. The van der Waals surface area contributed by atoms with E-state index in [0.717, 1.165) is 5.56 Å². The molecule has 4 rings (SSSR count). The summed E-state index contributed by atoms with van der Waals surface area (Å²) in [6.45, 7) is 2.47. The molecule has 0 saturated carbocycles. The molecular weight excluding hydrogens is 394 g/mol. The van der Waals surface area contributed by atoms with E-state index in [1.807, 2.05) is 25.1 Å². The fraction of sp³-hybridized carbons (Fsp3) is 0.300. The van der Waals surface area contributed by atoms with Gasteiger partial charge in [-0.05, 0) is 35.7 Å².